The molecule has 2 N–H and O–H groups in total. The van der Waals surface area contributed by atoms with Gasteiger partial charge in [0.25, 0.3) is 0 Å². The summed E-state index contributed by atoms with van der Waals surface area (Å²) >= 11 is 0. The lowest BCUT2D eigenvalue weighted by atomic mass is 9.72. The first-order valence-corrected chi connectivity index (χ1v) is 9.94. The zero-order chi connectivity index (χ0) is 15.8. The molecule has 0 radical (unpaired) electrons. The first-order valence-electron chi connectivity index (χ1n) is 9.94. The van der Waals surface area contributed by atoms with Crippen LogP contribution in [0.5, 0.6) is 0 Å². The highest BCUT2D eigenvalue weighted by molar-refractivity contribution is 4.78. The third kappa shape index (κ3) is 11.2. The molecule has 0 amide bonds. The van der Waals surface area contributed by atoms with Crippen LogP contribution in [0.4, 0.5) is 0 Å². The third-order valence-corrected chi connectivity index (χ3v) is 5.00. The Balaban J connectivity index is 3.76. The second-order valence-corrected chi connectivity index (χ2v) is 7.12. The standard InChI is InChI=1S/C20H43N/c1-4-15-20(16-5-2,17-6-3)18-13-11-9-7-8-10-12-14-19-21/h4-19,21H2,1-3H3. The van der Waals surface area contributed by atoms with Crippen LogP contribution in [-0.2, 0) is 0 Å². The van der Waals surface area contributed by atoms with Crippen LogP contribution >= 0.6 is 0 Å². The van der Waals surface area contributed by atoms with Crippen LogP contribution in [0.3, 0.4) is 0 Å². The van der Waals surface area contributed by atoms with Crippen molar-refractivity contribution < 1.29 is 0 Å². The van der Waals surface area contributed by atoms with Gasteiger partial charge in [0.1, 0.15) is 0 Å². The zero-order valence-corrected chi connectivity index (χ0v) is 15.4. The van der Waals surface area contributed by atoms with E-state index in [1.807, 2.05) is 0 Å². The largest absolute Gasteiger partial charge is 0.330 e. The molecule has 0 aromatic rings. The lowest BCUT2D eigenvalue weighted by Gasteiger charge is -2.34. The third-order valence-electron chi connectivity index (χ3n) is 5.00. The average molecular weight is 298 g/mol. The van der Waals surface area contributed by atoms with Gasteiger partial charge in [0.2, 0.25) is 0 Å². The topological polar surface area (TPSA) is 26.0 Å². The predicted octanol–water partition coefficient (Wildman–Crippen LogP) is 6.84. The van der Waals surface area contributed by atoms with Crippen molar-refractivity contribution in [2.45, 2.75) is 117 Å². The van der Waals surface area contributed by atoms with E-state index in [9.17, 15) is 0 Å². The quantitative estimate of drug-likeness (QED) is 0.310. The van der Waals surface area contributed by atoms with Gasteiger partial charge in [0.15, 0.2) is 0 Å². The summed E-state index contributed by atoms with van der Waals surface area (Å²) in [5.74, 6) is 0. The highest BCUT2D eigenvalue weighted by atomic mass is 14.5. The van der Waals surface area contributed by atoms with Gasteiger partial charge in [-0.1, -0.05) is 85.0 Å². The molecule has 128 valence electrons. The summed E-state index contributed by atoms with van der Waals surface area (Å²) in [6.07, 6.45) is 21.1. The van der Waals surface area contributed by atoms with Crippen molar-refractivity contribution in [1.29, 1.82) is 0 Å². The number of nitrogens with two attached hydrogens (primary N) is 1. The zero-order valence-electron chi connectivity index (χ0n) is 15.4. The molecule has 0 fully saturated rings. The Labute approximate surface area is 135 Å². The van der Waals surface area contributed by atoms with Gasteiger partial charge < -0.3 is 5.73 Å². The Morgan fingerprint density at radius 3 is 1.29 bits per heavy atom. The number of unbranched alkanes of at least 4 members (excludes halogenated alkanes) is 7. The smallest absolute Gasteiger partial charge is 0.00773 e. The SMILES string of the molecule is CCCC(CCC)(CCC)CCCCCCCCCCN. The van der Waals surface area contributed by atoms with Crippen molar-refractivity contribution in [3.05, 3.63) is 0 Å². The maximum Gasteiger partial charge on any atom is -0.00773 e. The van der Waals surface area contributed by atoms with Gasteiger partial charge in [-0.2, -0.15) is 0 Å². The molecule has 0 atom stereocenters. The van der Waals surface area contributed by atoms with Crippen molar-refractivity contribution in [3.63, 3.8) is 0 Å². The number of hydrogen-bond donors (Lipinski definition) is 1. The number of hydrogen-bond acceptors (Lipinski definition) is 1. The minimum absolute atomic E-state index is 0.680. The van der Waals surface area contributed by atoms with Gasteiger partial charge in [0.05, 0.1) is 0 Å². The molecule has 1 heteroatoms. The van der Waals surface area contributed by atoms with Crippen molar-refractivity contribution in [1.82, 2.24) is 0 Å². The van der Waals surface area contributed by atoms with Gasteiger partial charge in [-0.15, -0.1) is 0 Å². The molecule has 0 aromatic carbocycles. The molecule has 0 heterocycles. The van der Waals surface area contributed by atoms with Crippen LogP contribution in [0.25, 0.3) is 0 Å². The van der Waals surface area contributed by atoms with E-state index in [0.29, 0.717) is 5.41 Å². The highest BCUT2D eigenvalue weighted by Gasteiger charge is 2.26. The fourth-order valence-corrected chi connectivity index (χ4v) is 4.05. The Hall–Kier alpha value is -0.0400. The van der Waals surface area contributed by atoms with Gasteiger partial charge in [0, 0.05) is 0 Å². The van der Waals surface area contributed by atoms with E-state index in [2.05, 4.69) is 20.8 Å². The van der Waals surface area contributed by atoms with E-state index in [1.165, 1.54) is 96.3 Å². The molecule has 0 unspecified atom stereocenters. The molecule has 0 rings (SSSR count). The minimum Gasteiger partial charge on any atom is -0.330 e. The average Bonchev–Trinajstić information content (AvgIpc) is 2.46. The molecule has 21 heavy (non-hydrogen) atoms. The molecule has 0 spiro atoms. The summed E-state index contributed by atoms with van der Waals surface area (Å²) < 4.78 is 0. The van der Waals surface area contributed by atoms with Crippen LogP contribution in [0.15, 0.2) is 0 Å². The van der Waals surface area contributed by atoms with Crippen molar-refractivity contribution in [2.75, 3.05) is 6.54 Å². The van der Waals surface area contributed by atoms with E-state index in [-0.39, 0.29) is 0 Å². The van der Waals surface area contributed by atoms with E-state index < -0.39 is 0 Å². The van der Waals surface area contributed by atoms with Crippen LogP contribution < -0.4 is 5.73 Å². The summed E-state index contributed by atoms with van der Waals surface area (Å²) in [5.41, 5.74) is 6.20. The summed E-state index contributed by atoms with van der Waals surface area (Å²) in [7, 11) is 0. The van der Waals surface area contributed by atoms with Crippen LogP contribution in [0, 0.1) is 5.41 Å². The molecular weight excluding hydrogens is 254 g/mol. The van der Waals surface area contributed by atoms with Crippen LogP contribution in [-0.4, -0.2) is 6.54 Å². The maximum atomic E-state index is 5.52. The maximum absolute atomic E-state index is 5.52. The Kier molecular flexibility index (Phi) is 14.9. The minimum atomic E-state index is 0.680. The highest BCUT2D eigenvalue weighted by Crippen LogP contribution is 2.40. The fraction of sp³-hybridized carbons (Fsp3) is 1.00. The van der Waals surface area contributed by atoms with Gasteiger partial charge >= 0.3 is 0 Å². The van der Waals surface area contributed by atoms with Crippen molar-refractivity contribution in [3.8, 4) is 0 Å². The van der Waals surface area contributed by atoms with Crippen molar-refractivity contribution >= 4 is 0 Å². The predicted molar refractivity (Wildman–Crippen MR) is 97.8 cm³/mol. The molecule has 0 saturated heterocycles. The molecular formula is C20H43N. The van der Waals surface area contributed by atoms with E-state index in [1.54, 1.807) is 0 Å². The summed E-state index contributed by atoms with van der Waals surface area (Å²) in [6, 6.07) is 0. The first kappa shape index (κ1) is 21.0. The summed E-state index contributed by atoms with van der Waals surface area (Å²) in [5, 5.41) is 0. The molecule has 0 bridgehead atoms. The molecule has 0 aliphatic rings. The van der Waals surface area contributed by atoms with E-state index in [4.69, 9.17) is 5.73 Å². The monoisotopic (exact) mass is 297 g/mol. The van der Waals surface area contributed by atoms with Crippen LogP contribution in [0.1, 0.15) is 117 Å². The lowest BCUT2D eigenvalue weighted by molar-refractivity contribution is 0.185. The van der Waals surface area contributed by atoms with E-state index >= 15 is 0 Å². The van der Waals surface area contributed by atoms with E-state index in [0.717, 1.165) is 6.54 Å². The Morgan fingerprint density at radius 1 is 0.524 bits per heavy atom. The fourth-order valence-electron chi connectivity index (χ4n) is 4.05. The van der Waals surface area contributed by atoms with Gasteiger partial charge in [-0.05, 0) is 44.1 Å². The first-order chi connectivity index (χ1) is 10.2. The van der Waals surface area contributed by atoms with Crippen molar-refractivity contribution in [2.24, 2.45) is 11.1 Å². The summed E-state index contributed by atoms with van der Waals surface area (Å²) in [6.45, 7) is 7.96. The van der Waals surface area contributed by atoms with Crippen LogP contribution in [0.2, 0.25) is 0 Å². The molecule has 0 aliphatic carbocycles. The Morgan fingerprint density at radius 2 is 0.905 bits per heavy atom. The molecule has 0 saturated carbocycles. The second-order valence-electron chi connectivity index (χ2n) is 7.12. The number of rotatable bonds is 16. The molecule has 0 aliphatic heterocycles. The summed E-state index contributed by atoms with van der Waals surface area (Å²) in [4.78, 5) is 0. The molecule has 0 aromatic heterocycles. The van der Waals surface area contributed by atoms with Gasteiger partial charge in [-0.3, -0.25) is 0 Å². The lowest BCUT2D eigenvalue weighted by Crippen LogP contribution is -2.20. The normalized spacial score (nSPS) is 12.0. The molecule has 1 nitrogen and oxygen atoms in total. The second kappa shape index (κ2) is 14.9. The van der Waals surface area contributed by atoms with Gasteiger partial charge in [-0.25, -0.2) is 0 Å². The Bertz CT molecular complexity index is 183.